The summed E-state index contributed by atoms with van der Waals surface area (Å²) in [4.78, 5) is 2.36. The molecule has 0 aromatic heterocycles. The molecule has 1 aliphatic carbocycles. The van der Waals surface area contributed by atoms with E-state index in [1.54, 1.807) is 6.07 Å². The van der Waals surface area contributed by atoms with E-state index < -0.39 is 0 Å². The molecule has 0 saturated carbocycles. The normalized spacial score (nSPS) is 13.0. The zero-order chi connectivity index (χ0) is 20.9. The zero-order valence-corrected chi connectivity index (χ0v) is 17.8. The lowest BCUT2D eigenvalue weighted by molar-refractivity contribution is 0.223. The van der Waals surface area contributed by atoms with Crippen LogP contribution in [0.1, 0.15) is 36.1 Å². The van der Waals surface area contributed by atoms with Crippen molar-refractivity contribution in [3.8, 4) is 11.5 Å². The van der Waals surface area contributed by atoms with Crippen LogP contribution in [0.5, 0.6) is 11.5 Å². The first-order chi connectivity index (χ1) is 14.7. The van der Waals surface area contributed by atoms with Crippen LogP contribution in [0.2, 0.25) is 0 Å². The highest BCUT2D eigenvalue weighted by atomic mass is 16.5. The Morgan fingerprint density at radius 1 is 0.867 bits per heavy atom. The Hall–Kier alpha value is -3.04. The molecule has 3 nitrogen and oxygen atoms in total. The summed E-state index contributed by atoms with van der Waals surface area (Å²) in [5.74, 6) is 1.22. The summed E-state index contributed by atoms with van der Waals surface area (Å²) in [5, 5.41) is 9.97. The third kappa shape index (κ3) is 4.27. The van der Waals surface area contributed by atoms with Crippen LogP contribution in [0.3, 0.4) is 0 Å². The molecule has 154 valence electrons. The van der Waals surface area contributed by atoms with Gasteiger partial charge < -0.3 is 14.7 Å². The monoisotopic (exact) mass is 399 g/mol. The number of ether oxygens (including phenoxy) is 1. The van der Waals surface area contributed by atoms with E-state index in [1.165, 1.54) is 33.4 Å². The summed E-state index contributed by atoms with van der Waals surface area (Å²) in [7, 11) is 0. The van der Waals surface area contributed by atoms with Crippen molar-refractivity contribution in [2.75, 3.05) is 26.2 Å². The molecule has 0 radical (unpaired) electrons. The van der Waals surface area contributed by atoms with E-state index in [-0.39, 0.29) is 0 Å². The Morgan fingerprint density at radius 2 is 1.60 bits per heavy atom. The van der Waals surface area contributed by atoms with Crippen LogP contribution >= 0.6 is 0 Å². The molecular weight excluding hydrogens is 370 g/mol. The zero-order valence-electron chi connectivity index (χ0n) is 17.8. The standard InChI is InChI=1S/C27H29NO2/c1-3-28(4-2)16-17-30-24-13-10-21(11-14-24)27-25-15-12-23(29)18-22(25)19-26(27)20-8-6-5-7-9-20/h5-15,18,29H,3-4,16-17,19H2,1-2H3. The number of fused-ring (bicyclic) bond motifs is 1. The van der Waals surface area contributed by atoms with Crippen LogP contribution in [0.15, 0.2) is 72.8 Å². The molecular formula is C27H29NO2. The van der Waals surface area contributed by atoms with Gasteiger partial charge in [0.15, 0.2) is 0 Å². The Morgan fingerprint density at radius 3 is 2.30 bits per heavy atom. The molecule has 0 unspecified atom stereocenters. The molecule has 3 aromatic rings. The van der Waals surface area contributed by atoms with Crippen LogP contribution in [0.25, 0.3) is 11.1 Å². The van der Waals surface area contributed by atoms with Crippen molar-refractivity contribution in [2.24, 2.45) is 0 Å². The maximum absolute atomic E-state index is 9.97. The van der Waals surface area contributed by atoms with E-state index in [0.29, 0.717) is 12.4 Å². The van der Waals surface area contributed by atoms with E-state index in [9.17, 15) is 5.11 Å². The molecule has 30 heavy (non-hydrogen) atoms. The average Bonchev–Trinajstić information content (AvgIpc) is 3.16. The molecule has 0 fully saturated rings. The van der Waals surface area contributed by atoms with Crippen molar-refractivity contribution in [3.63, 3.8) is 0 Å². The lowest BCUT2D eigenvalue weighted by atomic mass is 9.94. The first-order valence-corrected chi connectivity index (χ1v) is 10.8. The van der Waals surface area contributed by atoms with Gasteiger partial charge in [-0.3, -0.25) is 0 Å². The Bertz CT molecular complexity index is 1020. The van der Waals surface area contributed by atoms with Crippen molar-refractivity contribution < 1.29 is 9.84 Å². The molecule has 0 amide bonds. The van der Waals surface area contributed by atoms with Gasteiger partial charge in [-0.05, 0) is 77.2 Å². The van der Waals surface area contributed by atoms with Gasteiger partial charge in [-0.1, -0.05) is 62.4 Å². The van der Waals surface area contributed by atoms with Crippen molar-refractivity contribution in [1.82, 2.24) is 4.90 Å². The highest BCUT2D eigenvalue weighted by molar-refractivity contribution is 6.03. The fourth-order valence-corrected chi connectivity index (χ4v) is 4.18. The van der Waals surface area contributed by atoms with Crippen LogP contribution < -0.4 is 4.74 Å². The second kappa shape index (κ2) is 9.19. The molecule has 0 atom stereocenters. The molecule has 0 aliphatic heterocycles. The number of allylic oxidation sites excluding steroid dienone is 1. The molecule has 1 aliphatic rings. The Kier molecular flexibility index (Phi) is 6.20. The highest BCUT2D eigenvalue weighted by Gasteiger charge is 2.24. The summed E-state index contributed by atoms with van der Waals surface area (Å²) in [6.45, 7) is 8.08. The predicted octanol–water partition coefficient (Wildman–Crippen LogP) is 5.63. The minimum absolute atomic E-state index is 0.319. The first kappa shape index (κ1) is 20.2. The number of phenols is 1. The third-order valence-electron chi connectivity index (χ3n) is 5.86. The summed E-state index contributed by atoms with van der Waals surface area (Å²) < 4.78 is 5.96. The number of rotatable bonds is 8. The number of benzene rings is 3. The lowest BCUT2D eigenvalue weighted by Crippen LogP contribution is -2.27. The topological polar surface area (TPSA) is 32.7 Å². The lowest BCUT2D eigenvalue weighted by Gasteiger charge is -2.18. The molecule has 1 N–H and O–H groups in total. The van der Waals surface area contributed by atoms with Crippen LogP contribution in [-0.2, 0) is 6.42 Å². The minimum Gasteiger partial charge on any atom is -0.508 e. The van der Waals surface area contributed by atoms with Crippen molar-refractivity contribution in [1.29, 1.82) is 0 Å². The smallest absolute Gasteiger partial charge is 0.119 e. The van der Waals surface area contributed by atoms with Gasteiger partial charge in [0.1, 0.15) is 18.1 Å². The van der Waals surface area contributed by atoms with Crippen molar-refractivity contribution in [2.45, 2.75) is 20.3 Å². The average molecular weight is 400 g/mol. The molecule has 3 heteroatoms. The molecule has 0 spiro atoms. The maximum Gasteiger partial charge on any atom is 0.119 e. The summed E-state index contributed by atoms with van der Waals surface area (Å²) >= 11 is 0. The number of likely N-dealkylation sites (N-methyl/N-ethyl adjacent to an activating group) is 1. The summed E-state index contributed by atoms with van der Waals surface area (Å²) in [6.07, 6.45) is 0.825. The van der Waals surface area contributed by atoms with Gasteiger partial charge in [0.25, 0.3) is 0 Å². The van der Waals surface area contributed by atoms with Gasteiger partial charge in [0.05, 0.1) is 0 Å². The number of aromatic hydroxyl groups is 1. The van der Waals surface area contributed by atoms with Crippen molar-refractivity contribution in [3.05, 3.63) is 95.1 Å². The minimum atomic E-state index is 0.319. The second-order valence-electron chi connectivity index (χ2n) is 7.64. The number of hydrogen-bond donors (Lipinski definition) is 1. The maximum atomic E-state index is 9.97. The second-order valence-corrected chi connectivity index (χ2v) is 7.64. The van der Waals surface area contributed by atoms with Gasteiger partial charge >= 0.3 is 0 Å². The molecule has 0 heterocycles. The quantitative estimate of drug-likeness (QED) is 0.533. The molecule has 4 rings (SSSR count). The van der Waals surface area contributed by atoms with Crippen LogP contribution in [0.4, 0.5) is 0 Å². The van der Waals surface area contributed by atoms with E-state index in [4.69, 9.17) is 4.74 Å². The number of hydrogen-bond acceptors (Lipinski definition) is 3. The summed E-state index contributed by atoms with van der Waals surface area (Å²) in [5.41, 5.74) is 7.31. The van der Waals surface area contributed by atoms with Crippen molar-refractivity contribution >= 4 is 11.1 Å². The van der Waals surface area contributed by atoms with Gasteiger partial charge in [-0.2, -0.15) is 0 Å². The van der Waals surface area contributed by atoms with Crippen LogP contribution in [-0.4, -0.2) is 36.2 Å². The van der Waals surface area contributed by atoms with E-state index in [2.05, 4.69) is 67.3 Å². The van der Waals surface area contributed by atoms with E-state index >= 15 is 0 Å². The molecule has 0 bridgehead atoms. The van der Waals surface area contributed by atoms with Gasteiger partial charge in [-0.15, -0.1) is 0 Å². The van der Waals surface area contributed by atoms with Gasteiger partial charge in [0, 0.05) is 6.54 Å². The fraction of sp³-hybridized carbons (Fsp3) is 0.259. The van der Waals surface area contributed by atoms with Gasteiger partial charge in [-0.25, -0.2) is 0 Å². The fourth-order valence-electron chi connectivity index (χ4n) is 4.18. The number of phenolic OH excluding ortho intramolecular Hbond substituents is 1. The van der Waals surface area contributed by atoms with E-state index in [0.717, 1.165) is 31.8 Å². The number of nitrogens with zero attached hydrogens (tertiary/aromatic N) is 1. The predicted molar refractivity (Wildman–Crippen MR) is 124 cm³/mol. The largest absolute Gasteiger partial charge is 0.508 e. The molecule has 3 aromatic carbocycles. The highest BCUT2D eigenvalue weighted by Crippen LogP contribution is 2.43. The summed E-state index contributed by atoms with van der Waals surface area (Å²) in [6, 6.07) is 24.6. The Labute approximate surface area is 179 Å². The van der Waals surface area contributed by atoms with Crippen LogP contribution in [0, 0.1) is 0 Å². The van der Waals surface area contributed by atoms with Gasteiger partial charge in [0.2, 0.25) is 0 Å². The van der Waals surface area contributed by atoms with E-state index in [1.807, 2.05) is 18.2 Å². The first-order valence-electron chi connectivity index (χ1n) is 10.8. The SMILES string of the molecule is CCN(CC)CCOc1ccc(C2=C(c3ccccc3)Cc3cc(O)ccc32)cc1. The molecule has 0 saturated heterocycles. The third-order valence-corrected chi connectivity index (χ3v) is 5.86. The Balaban J connectivity index is 1.61.